The van der Waals surface area contributed by atoms with Crippen LogP contribution in [0.25, 0.3) is 33.4 Å². The van der Waals surface area contributed by atoms with E-state index < -0.39 is 46.1 Å². The summed E-state index contributed by atoms with van der Waals surface area (Å²) in [6, 6.07) is 22.9. The van der Waals surface area contributed by atoms with E-state index in [1.165, 1.54) is 60.7 Å². The minimum Gasteiger partial charge on any atom is -0.478 e. The van der Waals surface area contributed by atoms with Crippen LogP contribution in [-0.2, 0) is 30.4 Å². The molecular formula is C32H22N2O12S3. The summed E-state index contributed by atoms with van der Waals surface area (Å²) in [4.78, 5) is 15.2. The van der Waals surface area contributed by atoms with E-state index in [1.807, 2.05) is 0 Å². The fourth-order valence-electron chi connectivity index (χ4n) is 5.16. The van der Waals surface area contributed by atoms with Gasteiger partial charge in [-0.2, -0.15) is 25.3 Å². The molecule has 4 aromatic rings. The van der Waals surface area contributed by atoms with Crippen LogP contribution in [0.4, 0.5) is 17.1 Å². The lowest BCUT2D eigenvalue weighted by Gasteiger charge is -2.18. The van der Waals surface area contributed by atoms with Crippen LogP contribution in [-0.4, -0.2) is 50.0 Å². The molecule has 0 saturated heterocycles. The van der Waals surface area contributed by atoms with E-state index in [0.717, 1.165) is 18.2 Å². The van der Waals surface area contributed by atoms with Crippen molar-refractivity contribution in [3.63, 3.8) is 0 Å². The molecule has 6 rings (SSSR count). The molecule has 0 fully saturated rings. The summed E-state index contributed by atoms with van der Waals surface area (Å²) in [6.07, 6.45) is 0. The maximum atomic E-state index is 12.7. The second kappa shape index (κ2) is 12.2. The summed E-state index contributed by atoms with van der Waals surface area (Å²) < 4.78 is 106. The molecule has 0 radical (unpaired) electrons. The molecule has 0 amide bonds. The van der Waals surface area contributed by atoms with Gasteiger partial charge in [0.1, 0.15) is 16.2 Å². The third-order valence-electron chi connectivity index (χ3n) is 7.33. The van der Waals surface area contributed by atoms with Crippen LogP contribution in [0, 0.1) is 0 Å². The minimum atomic E-state index is -4.96. The molecule has 0 aromatic heterocycles. The SMILES string of the molecule is O=C(O)c1ccccc1-c1c2cc(S(=O)(=O)O)c(=Nc3ccc(S(=O)(=O)O)cc3)cc-2oc2cc(Nc3ccc(S(=O)(=O)O)cc3)ccc12. The molecule has 0 atom stereocenters. The molecule has 1 heterocycles. The highest BCUT2D eigenvalue weighted by Crippen LogP contribution is 2.43. The third kappa shape index (κ3) is 6.93. The van der Waals surface area contributed by atoms with Crippen LogP contribution in [0.15, 0.2) is 127 Å². The summed E-state index contributed by atoms with van der Waals surface area (Å²) in [5.74, 6) is -1.24. The Bertz CT molecular complexity index is 2670. The van der Waals surface area contributed by atoms with Gasteiger partial charge in [-0.3, -0.25) is 13.7 Å². The van der Waals surface area contributed by atoms with E-state index in [4.69, 9.17) is 4.42 Å². The largest absolute Gasteiger partial charge is 0.478 e. The van der Waals surface area contributed by atoms with Gasteiger partial charge >= 0.3 is 5.97 Å². The zero-order chi connectivity index (χ0) is 35.3. The number of benzene rings is 5. The number of carboxylic acids is 1. The monoisotopic (exact) mass is 722 g/mol. The predicted octanol–water partition coefficient (Wildman–Crippen LogP) is 5.62. The van der Waals surface area contributed by atoms with Crippen LogP contribution < -0.4 is 10.7 Å². The molecule has 4 aromatic carbocycles. The van der Waals surface area contributed by atoms with E-state index in [-0.39, 0.29) is 49.5 Å². The van der Waals surface area contributed by atoms with Crippen molar-refractivity contribution in [1.29, 1.82) is 0 Å². The van der Waals surface area contributed by atoms with Gasteiger partial charge < -0.3 is 14.8 Å². The second-order valence-corrected chi connectivity index (χ2v) is 14.8. The van der Waals surface area contributed by atoms with Crippen LogP contribution in [0.1, 0.15) is 10.4 Å². The summed E-state index contributed by atoms with van der Waals surface area (Å²) in [7, 11) is -13.9. The van der Waals surface area contributed by atoms with E-state index in [9.17, 15) is 48.8 Å². The number of nitrogens with zero attached hydrogens (tertiary/aromatic N) is 1. The number of anilines is 2. The van der Waals surface area contributed by atoms with Gasteiger partial charge in [-0.05, 0) is 78.4 Å². The van der Waals surface area contributed by atoms with E-state index >= 15 is 0 Å². The Balaban J connectivity index is 1.62. The number of aromatic carboxylic acids is 1. The van der Waals surface area contributed by atoms with Gasteiger partial charge in [0.25, 0.3) is 30.4 Å². The third-order valence-corrected chi connectivity index (χ3v) is 9.95. The van der Waals surface area contributed by atoms with Crippen LogP contribution in [0.5, 0.6) is 0 Å². The number of carboxylic acid groups (broad SMARTS) is 1. The van der Waals surface area contributed by atoms with Crippen molar-refractivity contribution in [3.05, 3.63) is 114 Å². The Hall–Kier alpha value is -5.43. The molecule has 5 N–H and O–H groups in total. The predicted molar refractivity (Wildman–Crippen MR) is 176 cm³/mol. The maximum absolute atomic E-state index is 12.7. The van der Waals surface area contributed by atoms with Gasteiger partial charge in [0.05, 0.1) is 26.4 Å². The number of hydrogen-bond donors (Lipinski definition) is 5. The molecule has 0 saturated carbocycles. The van der Waals surface area contributed by atoms with Crippen LogP contribution in [0.3, 0.4) is 0 Å². The molecule has 0 bridgehead atoms. The van der Waals surface area contributed by atoms with E-state index in [1.54, 1.807) is 24.3 Å². The average Bonchev–Trinajstić information content (AvgIpc) is 3.02. The first kappa shape index (κ1) is 33.5. The van der Waals surface area contributed by atoms with Crippen molar-refractivity contribution in [3.8, 4) is 22.5 Å². The standard InChI is InChI=1S/C32H22N2O12S3/c35-32(36)24-4-2-1-3-23(24)31-25-14-9-20(33-18-5-10-21(11-6-18)47(37,38)39)15-28(25)46-29-17-27(30(16-26(29)31)49(43,44)45)34-19-7-12-22(13-8-19)48(40,41)42/h1-17,33H,(H,35,36)(H,37,38,39)(H,40,41,42)(H,43,44,45). The summed E-state index contributed by atoms with van der Waals surface area (Å²) in [5, 5.41) is 13.2. The second-order valence-electron chi connectivity index (χ2n) is 10.5. The van der Waals surface area contributed by atoms with Crippen LogP contribution >= 0.6 is 0 Å². The molecule has 14 nitrogen and oxygen atoms in total. The van der Waals surface area contributed by atoms with Gasteiger partial charge in [0, 0.05) is 40.0 Å². The number of hydrogen-bond acceptors (Lipinski definition) is 10. The van der Waals surface area contributed by atoms with Crippen molar-refractivity contribution in [2.24, 2.45) is 4.99 Å². The number of nitrogens with one attached hydrogen (secondary N) is 1. The zero-order valence-corrected chi connectivity index (χ0v) is 27.0. The number of fused-ring (bicyclic) bond motifs is 2. The molecular weight excluding hydrogens is 701 g/mol. The fraction of sp³-hybridized carbons (Fsp3) is 0. The van der Waals surface area contributed by atoms with Crippen molar-refractivity contribution < 1.29 is 53.2 Å². The van der Waals surface area contributed by atoms with Gasteiger partial charge in [0.15, 0.2) is 0 Å². The molecule has 0 unspecified atom stereocenters. The zero-order valence-electron chi connectivity index (χ0n) is 24.5. The smallest absolute Gasteiger partial charge is 0.336 e. The van der Waals surface area contributed by atoms with Crippen LogP contribution in [0.2, 0.25) is 0 Å². The molecule has 0 spiro atoms. The summed E-state index contributed by atoms with van der Waals surface area (Å²) >= 11 is 0. The normalized spacial score (nSPS) is 12.8. The fourth-order valence-corrected chi connectivity index (χ4v) is 6.76. The molecule has 250 valence electrons. The topological polar surface area (TPSA) is 238 Å². The Morgan fingerprint density at radius 3 is 1.84 bits per heavy atom. The molecule has 2 aliphatic rings. The number of rotatable bonds is 8. The lowest BCUT2D eigenvalue weighted by Crippen LogP contribution is -2.16. The van der Waals surface area contributed by atoms with Gasteiger partial charge in [-0.25, -0.2) is 9.79 Å². The average molecular weight is 723 g/mol. The van der Waals surface area contributed by atoms with Gasteiger partial charge in [0.2, 0.25) is 0 Å². The lowest BCUT2D eigenvalue weighted by molar-refractivity contribution is 0.0697. The van der Waals surface area contributed by atoms with E-state index in [0.29, 0.717) is 16.8 Å². The van der Waals surface area contributed by atoms with Crippen molar-refractivity contribution in [2.45, 2.75) is 14.7 Å². The molecule has 1 aliphatic carbocycles. The highest BCUT2D eigenvalue weighted by atomic mass is 32.2. The molecule has 17 heteroatoms. The van der Waals surface area contributed by atoms with Crippen molar-refractivity contribution in [1.82, 2.24) is 0 Å². The highest BCUT2D eigenvalue weighted by molar-refractivity contribution is 7.86. The van der Waals surface area contributed by atoms with Crippen molar-refractivity contribution in [2.75, 3.05) is 5.32 Å². The quantitative estimate of drug-likeness (QED) is 0.0948. The first-order valence-electron chi connectivity index (χ1n) is 13.8. The minimum absolute atomic E-state index is 0.0260. The van der Waals surface area contributed by atoms with Crippen molar-refractivity contribution >= 4 is 64.4 Å². The van der Waals surface area contributed by atoms with Gasteiger partial charge in [-0.1, -0.05) is 18.2 Å². The summed E-state index contributed by atoms with van der Waals surface area (Å²) in [6.45, 7) is 0. The Morgan fingerprint density at radius 1 is 0.653 bits per heavy atom. The Kier molecular flexibility index (Phi) is 8.35. The Morgan fingerprint density at radius 2 is 1.24 bits per heavy atom. The van der Waals surface area contributed by atoms with Gasteiger partial charge in [-0.15, -0.1) is 0 Å². The number of carbonyl (C=O) groups is 1. The molecule has 1 aliphatic heterocycles. The highest BCUT2D eigenvalue weighted by Gasteiger charge is 2.25. The summed E-state index contributed by atoms with van der Waals surface area (Å²) in [5.41, 5.74) is 1.61. The Labute approximate surface area is 278 Å². The first-order valence-corrected chi connectivity index (χ1v) is 18.1. The first-order chi connectivity index (χ1) is 23.0. The maximum Gasteiger partial charge on any atom is 0.336 e. The lowest BCUT2D eigenvalue weighted by atomic mass is 9.90. The molecule has 49 heavy (non-hydrogen) atoms. The van der Waals surface area contributed by atoms with E-state index in [2.05, 4.69) is 10.3 Å².